The first-order valence-corrected chi connectivity index (χ1v) is 9.28. The number of nitriles is 1. The van der Waals surface area contributed by atoms with Crippen molar-refractivity contribution >= 4 is 24.0 Å². The third-order valence-electron chi connectivity index (χ3n) is 4.59. The second-order valence-corrected chi connectivity index (χ2v) is 6.93. The fourth-order valence-corrected chi connectivity index (χ4v) is 3.39. The summed E-state index contributed by atoms with van der Waals surface area (Å²) < 4.78 is 2.07. The van der Waals surface area contributed by atoms with Crippen LogP contribution in [0, 0.1) is 11.3 Å². The van der Waals surface area contributed by atoms with E-state index in [2.05, 4.69) is 20.6 Å². The van der Waals surface area contributed by atoms with E-state index in [0.29, 0.717) is 17.1 Å². The van der Waals surface area contributed by atoms with E-state index in [4.69, 9.17) is 16.9 Å². The van der Waals surface area contributed by atoms with Gasteiger partial charge in [-0.15, -0.1) is 12.4 Å². The van der Waals surface area contributed by atoms with Crippen LogP contribution in [-0.2, 0) is 13.0 Å². The fraction of sp³-hybridized carbons (Fsp3) is 0.0870. The van der Waals surface area contributed by atoms with Crippen LogP contribution in [0.5, 0.6) is 0 Å². The quantitative estimate of drug-likeness (QED) is 0.426. The van der Waals surface area contributed by atoms with E-state index in [9.17, 15) is 0 Å². The Morgan fingerprint density at radius 1 is 1.00 bits per heavy atom. The molecule has 4 aromatic rings. The molecule has 0 N–H and O–H groups in total. The molecule has 0 aliphatic rings. The number of pyridine rings is 1. The summed E-state index contributed by atoms with van der Waals surface area (Å²) in [6, 6.07) is 21.7. The van der Waals surface area contributed by atoms with Crippen LogP contribution in [0.25, 0.3) is 11.1 Å². The first kappa shape index (κ1) is 20.6. The highest BCUT2D eigenvalue weighted by Crippen LogP contribution is 2.27. The summed E-state index contributed by atoms with van der Waals surface area (Å²) in [7, 11) is 0. The van der Waals surface area contributed by atoms with Gasteiger partial charge < -0.3 is 4.57 Å². The molecule has 0 saturated heterocycles. The Balaban J connectivity index is 0.00000240. The molecule has 144 valence electrons. The van der Waals surface area contributed by atoms with Crippen molar-refractivity contribution in [1.82, 2.24) is 14.5 Å². The van der Waals surface area contributed by atoms with Crippen molar-refractivity contribution in [3.05, 3.63) is 107 Å². The van der Waals surface area contributed by atoms with Gasteiger partial charge in [-0.1, -0.05) is 54.1 Å². The number of halogens is 2. The number of hydrogen-bond donors (Lipinski definition) is 0. The van der Waals surface area contributed by atoms with Crippen molar-refractivity contribution in [3.63, 3.8) is 0 Å². The predicted molar refractivity (Wildman–Crippen MR) is 117 cm³/mol. The van der Waals surface area contributed by atoms with Gasteiger partial charge in [0.2, 0.25) is 0 Å². The maximum Gasteiger partial charge on any atom is 0.0991 e. The minimum absolute atomic E-state index is 0. The first-order chi connectivity index (χ1) is 13.7. The van der Waals surface area contributed by atoms with Crippen LogP contribution in [0.3, 0.4) is 0 Å². The summed E-state index contributed by atoms with van der Waals surface area (Å²) in [5.74, 6) is 0. The monoisotopic (exact) mass is 420 g/mol. The van der Waals surface area contributed by atoms with E-state index < -0.39 is 0 Å². The second-order valence-electron chi connectivity index (χ2n) is 6.52. The molecule has 0 spiro atoms. The maximum absolute atomic E-state index is 8.93. The lowest BCUT2D eigenvalue weighted by Gasteiger charge is -2.10. The van der Waals surface area contributed by atoms with E-state index in [1.807, 2.05) is 73.1 Å². The largest absolute Gasteiger partial charge is 0.328 e. The third kappa shape index (κ3) is 4.83. The number of rotatable bonds is 5. The first-order valence-electron chi connectivity index (χ1n) is 8.91. The molecule has 0 atom stereocenters. The Bertz CT molecular complexity index is 1130. The highest BCUT2D eigenvalue weighted by molar-refractivity contribution is 6.33. The third-order valence-corrected chi connectivity index (χ3v) is 4.91. The average molecular weight is 421 g/mol. The molecule has 0 unspecified atom stereocenters. The second kappa shape index (κ2) is 9.38. The number of hydrogen-bond acceptors (Lipinski definition) is 3. The van der Waals surface area contributed by atoms with Crippen LogP contribution in [0.1, 0.15) is 22.5 Å². The Kier molecular flexibility index (Phi) is 6.66. The smallest absolute Gasteiger partial charge is 0.0991 e. The summed E-state index contributed by atoms with van der Waals surface area (Å²) in [6.45, 7) is 0.598. The number of benzene rings is 2. The Morgan fingerprint density at radius 3 is 2.45 bits per heavy atom. The van der Waals surface area contributed by atoms with Gasteiger partial charge in [0.15, 0.2) is 0 Å². The van der Waals surface area contributed by atoms with Crippen molar-refractivity contribution < 1.29 is 0 Å². The summed E-state index contributed by atoms with van der Waals surface area (Å²) >= 11 is 6.51. The Hall–Kier alpha value is -3.13. The van der Waals surface area contributed by atoms with E-state index in [0.717, 1.165) is 34.5 Å². The summed E-state index contributed by atoms with van der Waals surface area (Å²) in [4.78, 5) is 8.88. The molecule has 29 heavy (non-hydrogen) atoms. The van der Waals surface area contributed by atoms with Crippen molar-refractivity contribution in [2.45, 2.75) is 13.0 Å². The van der Waals surface area contributed by atoms with Crippen molar-refractivity contribution in [2.24, 2.45) is 0 Å². The minimum Gasteiger partial charge on any atom is -0.328 e. The molecule has 0 amide bonds. The van der Waals surface area contributed by atoms with Crippen LogP contribution in [0.4, 0.5) is 0 Å². The zero-order valence-electron chi connectivity index (χ0n) is 15.5. The lowest BCUT2D eigenvalue weighted by molar-refractivity contribution is 0.735. The predicted octanol–water partition coefficient (Wildman–Crippen LogP) is 5.53. The van der Waals surface area contributed by atoms with Crippen molar-refractivity contribution in [1.29, 1.82) is 5.26 Å². The average Bonchev–Trinajstić information content (AvgIpc) is 3.16. The fourth-order valence-electron chi connectivity index (χ4n) is 3.11. The summed E-state index contributed by atoms with van der Waals surface area (Å²) in [5.41, 5.74) is 5.73. The molecule has 2 heterocycles. The normalized spacial score (nSPS) is 10.2. The van der Waals surface area contributed by atoms with Gasteiger partial charge in [-0.2, -0.15) is 5.26 Å². The molecule has 0 saturated carbocycles. The van der Waals surface area contributed by atoms with Gasteiger partial charge in [-0.25, -0.2) is 4.98 Å². The molecule has 6 heteroatoms. The molecule has 0 fully saturated rings. The van der Waals surface area contributed by atoms with E-state index in [-0.39, 0.29) is 12.4 Å². The number of imidazole rings is 1. The molecule has 4 nitrogen and oxygen atoms in total. The van der Waals surface area contributed by atoms with Crippen LogP contribution in [0.2, 0.25) is 5.02 Å². The molecule has 4 rings (SSSR count). The highest BCUT2D eigenvalue weighted by Gasteiger charge is 2.09. The summed E-state index contributed by atoms with van der Waals surface area (Å²) in [5, 5.41) is 9.61. The lowest BCUT2D eigenvalue weighted by atomic mass is 10.1. The van der Waals surface area contributed by atoms with Gasteiger partial charge in [-0.3, -0.25) is 4.98 Å². The molecule has 2 aromatic heterocycles. The van der Waals surface area contributed by atoms with Gasteiger partial charge in [0.1, 0.15) is 0 Å². The van der Waals surface area contributed by atoms with E-state index >= 15 is 0 Å². The topological polar surface area (TPSA) is 54.5 Å². The van der Waals surface area contributed by atoms with Gasteiger partial charge in [0.05, 0.1) is 35.2 Å². The molecular formula is C23H18Cl2N4. The molecule has 0 radical (unpaired) electrons. The van der Waals surface area contributed by atoms with Gasteiger partial charge in [-0.05, 0) is 29.3 Å². The highest BCUT2D eigenvalue weighted by atomic mass is 35.5. The summed E-state index contributed by atoms with van der Waals surface area (Å²) in [6.07, 6.45) is 6.23. The molecule has 2 aromatic carbocycles. The van der Waals surface area contributed by atoms with Crippen LogP contribution >= 0.6 is 24.0 Å². The SMILES string of the molecule is Cl.N#Cc1ccc(Cc2cncn2Cc2cc(Cl)c(-c3ccccc3)cn2)cc1. The van der Waals surface area contributed by atoms with Crippen LogP contribution < -0.4 is 0 Å². The van der Waals surface area contributed by atoms with Crippen molar-refractivity contribution in [3.8, 4) is 17.2 Å². The Labute approximate surface area is 180 Å². The number of aromatic nitrogens is 3. The Morgan fingerprint density at radius 2 is 1.76 bits per heavy atom. The minimum atomic E-state index is 0. The molecule has 0 bridgehead atoms. The van der Waals surface area contributed by atoms with Gasteiger partial charge in [0.25, 0.3) is 0 Å². The van der Waals surface area contributed by atoms with Crippen LogP contribution in [-0.4, -0.2) is 14.5 Å². The van der Waals surface area contributed by atoms with Gasteiger partial charge in [0, 0.05) is 30.1 Å². The standard InChI is InChI=1S/C23H17ClN4.ClH/c24-23-11-20(27-14-22(23)19-4-2-1-3-5-19)15-28-16-26-13-21(28)10-17-6-8-18(12-25)9-7-17;/h1-9,11,13-14,16H,10,15H2;1H. The number of nitrogens with zero attached hydrogens (tertiary/aromatic N) is 4. The maximum atomic E-state index is 8.93. The molecular weight excluding hydrogens is 403 g/mol. The lowest BCUT2D eigenvalue weighted by Crippen LogP contribution is -2.05. The van der Waals surface area contributed by atoms with E-state index in [1.54, 1.807) is 6.33 Å². The molecule has 0 aliphatic heterocycles. The van der Waals surface area contributed by atoms with Gasteiger partial charge >= 0.3 is 0 Å². The van der Waals surface area contributed by atoms with Crippen LogP contribution in [0.15, 0.2) is 79.4 Å². The van der Waals surface area contributed by atoms with E-state index in [1.165, 1.54) is 0 Å². The van der Waals surface area contributed by atoms with Crippen molar-refractivity contribution in [2.75, 3.05) is 0 Å². The zero-order chi connectivity index (χ0) is 19.3. The molecule has 0 aliphatic carbocycles. The zero-order valence-corrected chi connectivity index (χ0v) is 17.1.